The molecule has 0 saturated carbocycles. The molecule has 0 spiro atoms. The molecule has 1 unspecified atom stereocenters. The van der Waals surface area contributed by atoms with Crippen LogP contribution in [0.4, 0.5) is 13.2 Å². The molecule has 1 atom stereocenters. The molecular weight excluding hydrogens is 205 g/mol. The van der Waals surface area contributed by atoms with Crippen LogP contribution in [0.15, 0.2) is 23.8 Å². The molecule has 0 aromatic heterocycles. The Bertz CT molecular complexity index is 395. The second-order valence-electron chi connectivity index (χ2n) is 3.48. The van der Waals surface area contributed by atoms with Crippen molar-refractivity contribution in [2.45, 2.75) is 20.0 Å². The third-order valence-electron chi connectivity index (χ3n) is 1.85. The highest BCUT2D eigenvalue weighted by Crippen LogP contribution is 2.22. The van der Waals surface area contributed by atoms with Crippen LogP contribution in [0.25, 0.3) is 0 Å². The summed E-state index contributed by atoms with van der Waals surface area (Å²) in [6.07, 6.45) is 0.0977. The molecular formula is C11H11F3O. The molecule has 1 N–H and O–H groups in total. The average molecular weight is 216 g/mol. The number of benzene rings is 1. The average Bonchev–Trinajstić information content (AvgIpc) is 2.09. The molecule has 0 aliphatic heterocycles. The quantitative estimate of drug-likeness (QED) is 0.595. The van der Waals surface area contributed by atoms with E-state index in [1.165, 1.54) is 6.08 Å². The maximum absolute atomic E-state index is 13.1. The van der Waals surface area contributed by atoms with Crippen molar-refractivity contribution in [1.82, 2.24) is 0 Å². The molecule has 0 bridgehead atoms. The highest BCUT2D eigenvalue weighted by molar-refractivity contribution is 5.25. The maximum Gasteiger partial charge on any atom is 0.161 e. The topological polar surface area (TPSA) is 20.2 Å². The second-order valence-corrected chi connectivity index (χ2v) is 3.48. The van der Waals surface area contributed by atoms with Crippen molar-refractivity contribution in [3.05, 3.63) is 46.8 Å². The highest BCUT2D eigenvalue weighted by Gasteiger charge is 2.14. The van der Waals surface area contributed by atoms with Gasteiger partial charge in [0.15, 0.2) is 11.6 Å². The van der Waals surface area contributed by atoms with Crippen LogP contribution < -0.4 is 0 Å². The lowest BCUT2D eigenvalue weighted by molar-refractivity contribution is 0.221. The van der Waals surface area contributed by atoms with Crippen LogP contribution in [-0.2, 0) is 0 Å². The smallest absolute Gasteiger partial charge is 0.161 e. The first kappa shape index (κ1) is 11.8. The van der Waals surface area contributed by atoms with Crippen molar-refractivity contribution in [3.8, 4) is 0 Å². The van der Waals surface area contributed by atoms with Gasteiger partial charge in [-0.05, 0) is 19.9 Å². The molecule has 1 aromatic rings. The SMILES string of the molecule is CC(C)=CC(O)c1cc(F)c(F)cc1F. The Morgan fingerprint density at radius 1 is 1.13 bits per heavy atom. The van der Waals surface area contributed by atoms with Gasteiger partial charge in [0.25, 0.3) is 0 Å². The molecule has 1 rings (SSSR count). The van der Waals surface area contributed by atoms with Crippen molar-refractivity contribution < 1.29 is 18.3 Å². The number of halogens is 3. The first-order chi connectivity index (χ1) is 6.91. The molecule has 0 saturated heterocycles. The number of hydrogen-bond acceptors (Lipinski definition) is 1. The number of rotatable bonds is 2. The number of hydrogen-bond donors (Lipinski definition) is 1. The van der Waals surface area contributed by atoms with E-state index in [0.717, 1.165) is 5.57 Å². The van der Waals surface area contributed by atoms with Crippen molar-refractivity contribution in [1.29, 1.82) is 0 Å². The summed E-state index contributed by atoms with van der Waals surface area (Å²) in [4.78, 5) is 0. The van der Waals surface area contributed by atoms with E-state index < -0.39 is 23.6 Å². The van der Waals surface area contributed by atoms with E-state index in [-0.39, 0.29) is 5.56 Å². The normalized spacial score (nSPS) is 12.4. The molecule has 0 aliphatic carbocycles. The Balaban J connectivity index is 3.15. The molecule has 0 heterocycles. The fourth-order valence-corrected chi connectivity index (χ4v) is 1.17. The van der Waals surface area contributed by atoms with E-state index >= 15 is 0 Å². The summed E-state index contributed by atoms with van der Waals surface area (Å²) in [7, 11) is 0. The number of aliphatic hydroxyl groups excluding tert-OH is 1. The predicted octanol–water partition coefficient (Wildman–Crippen LogP) is 3.10. The van der Waals surface area contributed by atoms with Gasteiger partial charge in [-0.25, -0.2) is 13.2 Å². The van der Waals surface area contributed by atoms with Crippen molar-refractivity contribution in [2.75, 3.05) is 0 Å². The molecule has 1 nitrogen and oxygen atoms in total. The van der Waals surface area contributed by atoms with Crippen molar-refractivity contribution in [3.63, 3.8) is 0 Å². The van der Waals surface area contributed by atoms with E-state index in [1.807, 2.05) is 0 Å². The van der Waals surface area contributed by atoms with Crippen molar-refractivity contribution >= 4 is 0 Å². The number of allylic oxidation sites excluding steroid dienone is 1. The van der Waals surface area contributed by atoms with Crippen LogP contribution in [-0.4, -0.2) is 5.11 Å². The minimum Gasteiger partial charge on any atom is -0.384 e. The zero-order chi connectivity index (χ0) is 11.6. The fourth-order valence-electron chi connectivity index (χ4n) is 1.17. The van der Waals surface area contributed by atoms with E-state index in [1.54, 1.807) is 13.8 Å². The molecule has 15 heavy (non-hydrogen) atoms. The molecule has 82 valence electrons. The Morgan fingerprint density at radius 2 is 1.67 bits per heavy atom. The lowest BCUT2D eigenvalue weighted by Crippen LogP contribution is -2.01. The van der Waals surface area contributed by atoms with Gasteiger partial charge in [0.2, 0.25) is 0 Å². The second kappa shape index (κ2) is 4.49. The standard InChI is InChI=1S/C11H11F3O/c1-6(2)3-11(15)7-4-9(13)10(14)5-8(7)12/h3-5,11,15H,1-2H3. The Kier molecular flexibility index (Phi) is 3.52. The van der Waals surface area contributed by atoms with Gasteiger partial charge in [0, 0.05) is 11.6 Å². The Morgan fingerprint density at radius 3 is 2.20 bits per heavy atom. The molecule has 0 amide bonds. The Hall–Kier alpha value is -1.29. The largest absolute Gasteiger partial charge is 0.384 e. The van der Waals surface area contributed by atoms with Gasteiger partial charge in [-0.1, -0.05) is 11.6 Å². The van der Waals surface area contributed by atoms with Gasteiger partial charge in [-0.15, -0.1) is 0 Å². The van der Waals surface area contributed by atoms with Crippen LogP contribution >= 0.6 is 0 Å². The summed E-state index contributed by atoms with van der Waals surface area (Å²) >= 11 is 0. The minimum atomic E-state index is -1.26. The fraction of sp³-hybridized carbons (Fsp3) is 0.273. The van der Waals surface area contributed by atoms with Crippen LogP contribution in [0.3, 0.4) is 0 Å². The monoisotopic (exact) mass is 216 g/mol. The van der Waals surface area contributed by atoms with Gasteiger partial charge in [-0.3, -0.25) is 0 Å². The molecule has 0 fully saturated rings. The van der Waals surface area contributed by atoms with Gasteiger partial charge in [0.05, 0.1) is 0 Å². The maximum atomic E-state index is 13.1. The number of aliphatic hydroxyl groups is 1. The van der Waals surface area contributed by atoms with E-state index in [4.69, 9.17) is 0 Å². The van der Waals surface area contributed by atoms with Crippen LogP contribution in [0.1, 0.15) is 25.5 Å². The summed E-state index contributed by atoms with van der Waals surface area (Å²) in [5.41, 5.74) is 0.488. The zero-order valence-corrected chi connectivity index (χ0v) is 8.39. The third-order valence-corrected chi connectivity index (χ3v) is 1.85. The summed E-state index contributed by atoms with van der Waals surface area (Å²) in [6.45, 7) is 3.42. The Labute approximate surface area is 85.9 Å². The first-order valence-electron chi connectivity index (χ1n) is 4.39. The molecule has 1 aromatic carbocycles. The van der Waals surface area contributed by atoms with Crippen LogP contribution in [0.2, 0.25) is 0 Å². The third kappa shape index (κ3) is 2.83. The summed E-state index contributed by atoms with van der Waals surface area (Å²) < 4.78 is 38.5. The summed E-state index contributed by atoms with van der Waals surface area (Å²) in [6, 6.07) is 1.08. The van der Waals surface area contributed by atoms with Gasteiger partial charge in [-0.2, -0.15) is 0 Å². The van der Waals surface area contributed by atoms with Gasteiger partial charge >= 0.3 is 0 Å². The predicted molar refractivity (Wildman–Crippen MR) is 50.7 cm³/mol. The minimum absolute atomic E-state index is 0.268. The van der Waals surface area contributed by atoms with Gasteiger partial charge < -0.3 is 5.11 Å². The first-order valence-corrected chi connectivity index (χ1v) is 4.39. The lowest BCUT2D eigenvalue weighted by atomic mass is 10.1. The zero-order valence-electron chi connectivity index (χ0n) is 8.39. The molecule has 0 aliphatic rings. The molecule has 0 radical (unpaired) electrons. The summed E-state index contributed by atoms with van der Waals surface area (Å²) in [5.74, 6) is -3.40. The van der Waals surface area contributed by atoms with Crippen molar-refractivity contribution in [2.24, 2.45) is 0 Å². The molecule has 4 heteroatoms. The van der Waals surface area contributed by atoms with E-state index in [0.29, 0.717) is 12.1 Å². The van der Waals surface area contributed by atoms with E-state index in [2.05, 4.69) is 0 Å². The van der Waals surface area contributed by atoms with E-state index in [9.17, 15) is 18.3 Å². The summed E-state index contributed by atoms with van der Waals surface area (Å²) in [5, 5.41) is 9.48. The highest BCUT2D eigenvalue weighted by atomic mass is 19.2. The van der Waals surface area contributed by atoms with Gasteiger partial charge in [0.1, 0.15) is 11.9 Å². The lowest BCUT2D eigenvalue weighted by Gasteiger charge is -2.08. The van der Waals surface area contributed by atoms with Crippen LogP contribution in [0.5, 0.6) is 0 Å². The van der Waals surface area contributed by atoms with Crippen LogP contribution in [0, 0.1) is 17.5 Å².